The number of anilines is 2. The summed E-state index contributed by atoms with van der Waals surface area (Å²) in [7, 11) is 0. The molecule has 0 aliphatic rings. The van der Waals surface area contributed by atoms with Gasteiger partial charge in [0.1, 0.15) is 5.00 Å². The van der Waals surface area contributed by atoms with Crippen molar-refractivity contribution in [3.05, 3.63) is 54.5 Å². The number of H-pyrrole nitrogens is 1. The van der Waals surface area contributed by atoms with Crippen LogP contribution in [0.1, 0.15) is 11.4 Å². The standard InChI is InChI=1S/C17H17N9S/c1-11-10-26-14(12-6-21-22-7-12)9-20-17(26)16(23-11)24-15-5-13(25-27-15)8-19-4-2-3-18/h2-7,9-10H,8,18H2,1H3,(H,21,22)(H,23,24)/b3-2-,19-4?. The summed E-state index contributed by atoms with van der Waals surface area (Å²) in [4.78, 5) is 13.4. The van der Waals surface area contributed by atoms with Gasteiger partial charge < -0.3 is 11.1 Å². The van der Waals surface area contributed by atoms with Gasteiger partial charge in [-0.05, 0) is 36.8 Å². The molecule has 0 bridgehead atoms. The second-order valence-corrected chi connectivity index (χ2v) is 6.54. The number of fused-ring (bicyclic) bond motifs is 1. The van der Waals surface area contributed by atoms with E-state index in [9.17, 15) is 0 Å². The number of nitrogens with two attached hydrogens (primary N) is 1. The lowest BCUT2D eigenvalue weighted by Crippen LogP contribution is -2.00. The first-order valence-corrected chi connectivity index (χ1v) is 8.95. The van der Waals surface area contributed by atoms with Crippen molar-refractivity contribution in [2.24, 2.45) is 10.7 Å². The van der Waals surface area contributed by atoms with Gasteiger partial charge in [-0.15, -0.1) is 0 Å². The van der Waals surface area contributed by atoms with Crippen LogP contribution in [0.15, 0.2) is 48.1 Å². The van der Waals surface area contributed by atoms with Gasteiger partial charge in [0.15, 0.2) is 11.5 Å². The highest BCUT2D eigenvalue weighted by Gasteiger charge is 2.13. The maximum atomic E-state index is 5.27. The van der Waals surface area contributed by atoms with E-state index in [4.69, 9.17) is 5.73 Å². The lowest BCUT2D eigenvalue weighted by Gasteiger charge is -2.07. The first-order valence-electron chi connectivity index (χ1n) is 8.18. The van der Waals surface area contributed by atoms with Gasteiger partial charge in [0.2, 0.25) is 0 Å². The first-order chi connectivity index (χ1) is 13.2. The molecule has 27 heavy (non-hydrogen) atoms. The molecular weight excluding hydrogens is 362 g/mol. The third-order valence-corrected chi connectivity index (χ3v) is 4.51. The molecule has 0 aliphatic heterocycles. The van der Waals surface area contributed by atoms with E-state index in [1.54, 1.807) is 18.5 Å². The fraction of sp³-hybridized carbons (Fsp3) is 0.118. The van der Waals surface area contributed by atoms with Crippen LogP contribution in [0.4, 0.5) is 10.8 Å². The van der Waals surface area contributed by atoms with E-state index in [0.29, 0.717) is 12.4 Å². The summed E-state index contributed by atoms with van der Waals surface area (Å²) >= 11 is 1.36. The van der Waals surface area contributed by atoms with Crippen LogP contribution in [0.25, 0.3) is 16.9 Å². The maximum Gasteiger partial charge on any atom is 0.180 e. The predicted octanol–water partition coefficient (Wildman–Crippen LogP) is 2.67. The van der Waals surface area contributed by atoms with E-state index < -0.39 is 0 Å². The molecule has 0 saturated heterocycles. The van der Waals surface area contributed by atoms with Crippen molar-refractivity contribution in [1.29, 1.82) is 0 Å². The number of nitrogens with zero attached hydrogens (tertiary/aromatic N) is 6. The molecule has 4 aromatic rings. The van der Waals surface area contributed by atoms with Crippen LogP contribution in [-0.4, -0.2) is 35.2 Å². The summed E-state index contributed by atoms with van der Waals surface area (Å²) in [5.74, 6) is 0.675. The van der Waals surface area contributed by atoms with Crippen LogP contribution in [0.5, 0.6) is 0 Å². The molecule has 4 aromatic heterocycles. The third-order valence-electron chi connectivity index (χ3n) is 3.76. The van der Waals surface area contributed by atoms with Crippen LogP contribution in [0, 0.1) is 6.92 Å². The van der Waals surface area contributed by atoms with Crippen LogP contribution < -0.4 is 11.1 Å². The Morgan fingerprint density at radius 1 is 1.41 bits per heavy atom. The van der Waals surface area contributed by atoms with Crippen molar-refractivity contribution < 1.29 is 0 Å². The SMILES string of the molecule is Cc1cn2c(-c3cn[nH]c3)cnc2c(Nc2cc(CN=C/C=C\N)ns2)n1. The summed E-state index contributed by atoms with van der Waals surface area (Å²) in [6.07, 6.45) is 12.1. The Morgan fingerprint density at radius 2 is 2.33 bits per heavy atom. The Morgan fingerprint density at radius 3 is 3.15 bits per heavy atom. The highest BCUT2D eigenvalue weighted by atomic mass is 32.1. The van der Waals surface area contributed by atoms with E-state index in [1.807, 2.05) is 36.0 Å². The number of allylic oxidation sites excluding steroid dienone is 1. The van der Waals surface area contributed by atoms with E-state index >= 15 is 0 Å². The Balaban J connectivity index is 1.62. The molecule has 0 radical (unpaired) electrons. The highest BCUT2D eigenvalue weighted by Crippen LogP contribution is 2.27. The summed E-state index contributed by atoms with van der Waals surface area (Å²) in [5, 5.41) is 11.0. The molecule has 0 saturated carbocycles. The van der Waals surface area contributed by atoms with Crippen molar-refractivity contribution in [2.75, 3.05) is 5.32 Å². The summed E-state index contributed by atoms with van der Waals surface area (Å²) in [6.45, 7) is 2.44. The summed E-state index contributed by atoms with van der Waals surface area (Å²) in [6, 6.07) is 1.95. The molecule has 10 heteroatoms. The molecule has 0 aromatic carbocycles. The first kappa shape index (κ1) is 16.9. The Kier molecular flexibility index (Phi) is 4.62. The summed E-state index contributed by atoms with van der Waals surface area (Å²) in [5.41, 5.74) is 9.65. The fourth-order valence-electron chi connectivity index (χ4n) is 2.62. The zero-order valence-corrected chi connectivity index (χ0v) is 15.3. The van der Waals surface area contributed by atoms with Crippen LogP contribution in [0.3, 0.4) is 0 Å². The van der Waals surface area contributed by atoms with E-state index in [1.165, 1.54) is 17.7 Å². The van der Waals surface area contributed by atoms with E-state index in [0.717, 1.165) is 33.3 Å². The number of nitrogens with one attached hydrogen (secondary N) is 2. The van der Waals surface area contributed by atoms with Crippen LogP contribution in [-0.2, 0) is 6.54 Å². The van der Waals surface area contributed by atoms with Gasteiger partial charge in [-0.2, -0.15) is 9.47 Å². The van der Waals surface area contributed by atoms with E-state index in [-0.39, 0.29) is 0 Å². The number of aromatic nitrogens is 6. The second-order valence-electron chi connectivity index (χ2n) is 5.74. The number of aliphatic imine (C=N–C) groups is 1. The Bertz CT molecular complexity index is 1110. The molecular formula is C17H17N9S. The van der Waals surface area contributed by atoms with Crippen molar-refractivity contribution >= 4 is 34.2 Å². The molecule has 0 amide bonds. The molecule has 0 aliphatic carbocycles. The van der Waals surface area contributed by atoms with Gasteiger partial charge in [0.25, 0.3) is 0 Å². The average molecular weight is 379 g/mol. The fourth-order valence-corrected chi connectivity index (χ4v) is 3.27. The molecule has 0 atom stereocenters. The van der Waals surface area contributed by atoms with Gasteiger partial charge in [-0.25, -0.2) is 9.97 Å². The van der Waals surface area contributed by atoms with Crippen molar-refractivity contribution in [2.45, 2.75) is 13.5 Å². The van der Waals surface area contributed by atoms with Gasteiger partial charge in [-0.1, -0.05) is 0 Å². The lowest BCUT2D eigenvalue weighted by molar-refractivity contribution is 1.04. The van der Waals surface area contributed by atoms with Crippen LogP contribution >= 0.6 is 11.5 Å². The topological polar surface area (TPSA) is 122 Å². The number of aryl methyl sites for hydroxylation is 1. The molecule has 4 N–H and O–H groups in total. The number of imidazole rings is 1. The van der Waals surface area contributed by atoms with Gasteiger partial charge in [-0.3, -0.25) is 14.5 Å². The molecule has 0 spiro atoms. The van der Waals surface area contributed by atoms with Crippen molar-refractivity contribution in [1.82, 2.24) is 28.9 Å². The average Bonchev–Trinajstić information content (AvgIpc) is 3.39. The molecule has 0 unspecified atom stereocenters. The normalized spacial score (nSPS) is 11.9. The third kappa shape index (κ3) is 3.55. The van der Waals surface area contributed by atoms with E-state index in [2.05, 4.69) is 34.8 Å². The number of rotatable bonds is 6. The predicted molar refractivity (Wildman–Crippen MR) is 106 cm³/mol. The number of hydrogen-bond acceptors (Lipinski definition) is 8. The largest absolute Gasteiger partial charge is 0.405 e. The van der Waals surface area contributed by atoms with Crippen LogP contribution in [0.2, 0.25) is 0 Å². The smallest absolute Gasteiger partial charge is 0.180 e. The van der Waals surface area contributed by atoms with Gasteiger partial charge >= 0.3 is 0 Å². The second kappa shape index (κ2) is 7.38. The lowest BCUT2D eigenvalue weighted by atomic mass is 10.3. The molecule has 0 fully saturated rings. The van der Waals surface area contributed by atoms with Gasteiger partial charge in [0.05, 0.1) is 36.0 Å². The minimum atomic E-state index is 0.493. The minimum absolute atomic E-state index is 0.493. The monoisotopic (exact) mass is 379 g/mol. The highest BCUT2D eigenvalue weighted by molar-refractivity contribution is 7.10. The van der Waals surface area contributed by atoms with Crippen molar-refractivity contribution in [3.8, 4) is 11.3 Å². The quantitative estimate of drug-likeness (QED) is 0.443. The zero-order chi connectivity index (χ0) is 18.6. The molecule has 4 rings (SSSR count). The Hall–Kier alpha value is -3.53. The Labute approximate surface area is 158 Å². The zero-order valence-electron chi connectivity index (χ0n) is 14.5. The minimum Gasteiger partial charge on any atom is -0.405 e. The van der Waals surface area contributed by atoms with Crippen molar-refractivity contribution in [3.63, 3.8) is 0 Å². The van der Waals surface area contributed by atoms with Gasteiger partial charge in [0, 0.05) is 24.2 Å². The molecule has 136 valence electrons. The molecule has 9 nitrogen and oxygen atoms in total. The maximum absolute atomic E-state index is 5.27. The number of aromatic amines is 1. The molecule has 4 heterocycles. The number of hydrogen-bond donors (Lipinski definition) is 3. The summed E-state index contributed by atoms with van der Waals surface area (Å²) < 4.78 is 6.40.